The van der Waals surface area contributed by atoms with Crippen molar-refractivity contribution in [2.24, 2.45) is 0 Å². The Hall–Kier alpha value is -3.58. The smallest absolute Gasteiger partial charge is 0.338 e. The van der Waals surface area contributed by atoms with Crippen LogP contribution in [0, 0.1) is 0 Å². The molecular formula is C24H23NO5S. The lowest BCUT2D eigenvalue weighted by molar-refractivity contribution is 0.0472. The van der Waals surface area contributed by atoms with Crippen molar-refractivity contribution in [3.8, 4) is 5.75 Å². The largest absolute Gasteiger partial charge is 0.497 e. The molecule has 0 N–H and O–H groups in total. The zero-order valence-electron chi connectivity index (χ0n) is 17.1. The number of carbonyl (C=O) groups is 1. The molecule has 0 amide bonds. The molecule has 0 aliphatic heterocycles. The minimum Gasteiger partial charge on any atom is -0.497 e. The average Bonchev–Trinajstić information content (AvgIpc) is 2.81. The third-order valence-corrected chi connectivity index (χ3v) is 6.32. The molecule has 6 nitrogen and oxygen atoms in total. The van der Waals surface area contributed by atoms with E-state index in [-0.39, 0.29) is 23.6 Å². The molecule has 0 aromatic heterocycles. The number of hydrogen-bond donors (Lipinski definition) is 0. The molecule has 0 spiro atoms. The second-order valence-electron chi connectivity index (χ2n) is 6.61. The number of carbonyl (C=O) groups excluding carboxylic acids is 1. The monoisotopic (exact) mass is 437 g/mol. The van der Waals surface area contributed by atoms with Crippen molar-refractivity contribution >= 4 is 21.7 Å². The van der Waals surface area contributed by atoms with Gasteiger partial charge in [-0.25, -0.2) is 13.2 Å². The zero-order chi connectivity index (χ0) is 22.3. The van der Waals surface area contributed by atoms with Crippen LogP contribution in [-0.2, 0) is 21.4 Å². The van der Waals surface area contributed by atoms with Gasteiger partial charge in [0.05, 0.1) is 29.8 Å². The first-order chi connectivity index (χ1) is 15.0. The molecule has 0 bridgehead atoms. The predicted molar refractivity (Wildman–Crippen MR) is 120 cm³/mol. The first-order valence-electron chi connectivity index (χ1n) is 9.54. The standard InChI is InChI=1S/C24H23NO5S/c1-3-16-25(21-9-5-4-6-10-21)31(27,28)23-11-7-8-20(17-23)24(26)30-18-19-12-14-22(29-2)15-13-19/h3-15,17H,1,16,18H2,2H3. The molecule has 0 atom stereocenters. The molecule has 31 heavy (non-hydrogen) atoms. The van der Waals surface area contributed by atoms with Gasteiger partial charge < -0.3 is 9.47 Å². The highest BCUT2D eigenvalue weighted by atomic mass is 32.2. The topological polar surface area (TPSA) is 72.9 Å². The molecule has 0 heterocycles. The highest BCUT2D eigenvalue weighted by molar-refractivity contribution is 7.92. The van der Waals surface area contributed by atoms with Crippen molar-refractivity contribution in [2.45, 2.75) is 11.5 Å². The van der Waals surface area contributed by atoms with Crippen molar-refractivity contribution in [2.75, 3.05) is 18.0 Å². The second-order valence-corrected chi connectivity index (χ2v) is 8.47. The van der Waals surface area contributed by atoms with Gasteiger partial charge in [-0.3, -0.25) is 4.31 Å². The number of benzene rings is 3. The van der Waals surface area contributed by atoms with Gasteiger partial charge in [0.1, 0.15) is 12.4 Å². The van der Waals surface area contributed by atoms with Gasteiger partial charge in [-0.05, 0) is 48.0 Å². The summed E-state index contributed by atoms with van der Waals surface area (Å²) in [5.41, 5.74) is 1.45. The van der Waals surface area contributed by atoms with Gasteiger partial charge in [0.2, 0.25) is 0 Å². The SMILES string of the molecule is C=CCN(c1ccccc1)S(=O)(=O)c1cccc(C(=O)OCc2ccc(OC)cc2)c1. The normalized spacial score (nSPS) is 10.9. The van der Waals surface area contributed by atoms with Gasteiger partial charge in [-0.1, -0.05) is 42.5 Å². The lowest BCUT2D eigenvalue weighted by Gasteiger charge is -2.23. The van der Waals surface area contributed by atoms with Crippen molar-refractivity contribution in [1.29, 1.82) is 0 Å². The Morgan fingerprint density at radius 2 is 1.71 bits per heavy atom. The van der Waals surface area contributed by atoms with Crippen molar-refractivity contribution < 1.29 is 22.7 Å². The summed E-state index contributed by atoms with van der Waals surface area (Å²) in [4.78, 5) is 12.5. The molecule has 0 aliphatic carbocycles. The number of esters is 1. The van der Waals surface area contributed by atoms with Crippen molar-refractivity contribution in [1.82, 2.24) is 0 Å². The van der Waals surface area contributed by atoms with Gasteiger partial charge in [0.25, 0.3) is 10.0 Å². The molecular weight excluding hydrogens is 414 g/mol. The Kier molecular flexibility index (Phi) is 7.10. The van der Waals surface area contributed by atoms with Crippen LogP contribution in [0.1, 0.15) is 15.9 Å². The number of sulfonamides is 1. The van der Waals surface area contributed by atoms with Crippen LogP contribution in [0.5, 0.6) is 5.75 Å². The minimum absolute atomic E-state index is 0.00268. The summed E-state index contributed by atoms with van der Waals surface area (Å²) in [6.07, 6.45) is 1.51. The maximum Gasteiger partial charge on any atom is 0.338 e. The van der Waals surface area contributed by atoms with Crippen LogP contribution in [0.15, 0.2) is 96.4 Å². The lowest BCUT2D eigenvalue weighted by atomic mass is 10.2. The molecule has 0 unspecified atom stereocenters. The molecule has 0 fully saturated rings. The summed E-state index contributed by atoms with van der Waals surface area (Å²) in [5.74, 6) is 0.0957. The summed E-state index contributed by atoms with van der Waals surface area (Å²) in [7, 11) is -2.33. The number of methoxy groups -OCH3 is 1. The second kappa shape index (κ2) is 9.95. The number of para-hydroxylation sites is 1. The number of hydrogen-bond acceptors (Lipinski definition) is 5. The van der Waals surface area contributed by atoms with Crippen LogP contribution in [0.3, 0.4) is 0 Å². The van der Waals surface area contributed by atoms with Crippen LogP contribution < -0.4 is 9.04 Å². The highest BCUT2D eigenvalue weighted by Gasteiger charge is 2.25. The van der Waals surface area contributed by atoms with E-state index in [9.17, 15) is 13.2 Å². The van der Waals surface area contributed by atoms with E-state index in [0.29, 0.717) is 11.4 Å². The molecule has 3 rings (SSSR count). The third kappa shape index (κ3) is 5.32. The van der Waals surface area contributed by atoms with Gasteiger partial charge in [-0.15, -0.1) is 6.58 Å². The number of rotatable bonds is 9. The molecule has 0 aliphatic rings. The maximum atomic E-state index is 13.3. The Labute approximate surface area is 182 Å². The molecule has 0 saturated carbocycles. The summed E-state index contributed by atoms with van der Waals surface area (Å²) >= 11 is 0. The van der Waals surface area contributed by atoms with E-state index >= 15 is 0 Å². The minimum atomic E-state index is -3.91. The lowest BCUT2D eigenvalue weighted by Crippen LogP contribution is -2.31. The number of anilines is 1. The molecule has 7 heteroatoms. The molecule has 3 aromatic rings. The van der Waals surface area contributed by atoms with Gasteiger partial charge >= 0.3 is 5.97 Å². The van der Waals surface area contributed by atoms with Crippen LogP contribution in [0.25, 0.3) is 0 Å². The Morgan fingerprint density at radius 3 is 2.35 bits per heavy atom. The van der Waals surface area contributed by atoms with Gasteiger partial charge in [0, 0.05) is 0 Å². The fraction of sp³-hybridized carbons (Fsp3) is 0.125. The molecule has 0 saturated heterocycles. The molecule has 160 valence electrons. The highest BCUT2D eigenvalue weighted by Crippen LogP contribution is 2.24. The van der Waals surface area contributed by atoms with E-state index in [1.807, 2.05) is 6.07 Å². The van der Waals surface area contributed by atoms with Gasteiger partial charge in [0.15, 0.2) is 0 Å². The number of ether oxygens (including phenoxy) is 2. The first-order valence-corrected chi connectivity index (χ1v) is 11.0. The summed E-state index contributed by atoms with van der Waals surface area (Å²) in [6.45, 7) is 3.81. The van der Waals surface area contributed by atoms with E-state index in [4.69, 9.17) is 9.47 Å². The van der Waals surface area contributed by atoms with E-state index in [0.717, 1.165) is 5.56 Å². The first kappa shape index (κ1) is 22.1. The fourth-order valence-electron chi connectivity index (χ4n) is 2.92. The Morgan fingerprint density at radius 1 is 1.00 bits per heavy atom. The van der Waals surface area contributed by atoms with E-state index in [2.05, 4.69) is 6.58 Å². The Balaban J connectivity index is 1.80. The summed E-state index contributed by atoms with van der Waals surface area (Å²) in [5, 5.41) is 0. The van der Waals surface area contributed by atoms with E-state index < -0.39 is 16.0 Å². The van der Waals surface area contributed by atoms with E-state index in [1.54, 1.807) is 55.6 Å². The maximum absolute atomic E-state index is 13.3. The van der Waals surface area contributed by atoms with Crippen LogP contribution in [0.4, 0.5) is 5.69 Å². The van der Waals surface area contributed by atoms with Crippen molar-refractivity contribution in [3.63, 3.8) is 0 Å². The summed E-state index contributed by atoms with van der Waals surface area (Å²) in [6, 6.07) is 21.7. The van der Waals surface area contributed by atoms with E-state index in [1.165, 1.54) is 34.6 Å². The molecule has 0 radical (unpaired) electrons. The Bertz CT molecular complexity index is 1140. The zero-order valence-corrected chi connectivity index (χ0v) is 17.9. The third-order valence-electron chi connectivity index (χ3n) is 4.53. The number of nitrogens with zero attached hydrogens (tertiary/aromatic N) is 1. The van der Waals surface area contributed by atoms with Crippen LogP contribution in [0.2, 0.25) is 0 Å². The molecule has 3 aromatic carbocycles. The van der Waals surface area contributed by atoms with Crippen LogP contribution >= 0.6 is 0 Å². The average molecular weight is 438 g/mol. The summed E-state index contributed by atoms with van der Waals surface area (Å²) < 4.78 is 38.2. The van der Waals surface area contributed by atoms with Crippen molar-refractivity contribution in [3.05, 3.63) is 103 Å². The van der Waals surface area contributed by atoms with Gasteiger partial charge in [-0.2, -0.15) is 0 Å². The fourth-order valence-corrected chi connectivity index (χ4v) is 4.40. The van der Waals surface area contributed by atoms with Crippen LogP contribution in [-0.4, -0.2) is 28.0 Å². The quantitative estimate of drug-likeness (QED) is 0.366. The predicted octanol–water partition coefficient (Wildman–Crippen LogP) is 4.43.